The highest BCUT2D eigenvalue weighted by Crippen LogP contribution is 2.74. The second kappa shape index (κ2) is 6.76. The number of nitrogens with one attached hydrogen (secondary N) is 1. The number of amides is 1. The fourth-order valence-corrected chi connectivity index (χ4v) is 5.39. The summed E-state index contributed by atoms with van der Waals surface area (Å²) in [6.45, 7) is 0. The van der Waals surface area contributed by atoms with Crippen LogP contribution in [0.4, 0.5) is 5.69 Å². The van der Waals surface area contributed by atoms with Gasteiger partial charge in [-0.15, -0.1) is 0 Å². The van der Waals surface area contributed by atoms with Crippen LogP contribution in [0, 0.1) is 17.8 Å². The molecular formula is C19H19Cl2N3O4. The Morgan fingerprint density at radius 3 is 2.46 bits per heavy atom. The molecule has 4 bridgehead atoms. The lowest BCUT2D eigenvalue weighted by molar-refractivity contribution is 0.102. The molecule has 2 aromatic rings. The van der Waals surface area contributed by atoms with Crippen LogP contribution in [0.3, 0.4) is 0 Å². The number of methoxy groups -OCH3 is 1. The van der Waals surface area contributed by atoms with Gasteiger partial charge in [-0.2, -0.15) is 0 Å². The molecule has 2 atom stereocenters. The van der Waals surface area contributed by atoms with E-state index < -0.39 is 0 Å². The van der Waals surface area contributed by atoms with E-state index in [-0.39, 0.29) is 27.0 Å². The van der Waals surface area contributed by atoms with Gasteiger partial charge in [0.1, 0.15) is 5.60 Å². The van der Waals surface area contributed by atoms with Gasteiger partial charge in [0, 0.05) is 36.5 Å². The molecule has 28 heavy (non-hydrogen) atoms. The molecule has 0 radical (unpaired) electrons. The molecule has 2 unspecified atom stereocenters. The predicted octanol–water partition coefficient (Wildman–Crippen LogP) is 3.40. The maximum atomic E-state index is 12.7. The van der Waals surface area contributed by atoms with E-state index in [2.05, 4.69) is 15.3 Å². The number of aromatic nitrogens is 2. The summed E-state index contributed by atoms with van der Waals surface area (Å²) in [5.41, 5.74) is 0.578. The Morgan fingerprint density at radius 2 is 1.89 bits per heavy atom. The van der Waals surface area contributed by atoms with Gasteiger partial charge in [0.05, 0.1) is 28.4 Å². The summed E-state index contributed by atoms with van der Waals surface area (Å²) in [4.78, 5) is 20.8. The van der Waals surface area contributed by atoms with Crippen molar-refractivity contribution < 1.29 is 19.7 Å². The van der Waals surface area contributed by atoms with Crippen molar-refractivity contribution in [2.75, 3.05) is 12.4 Å². The van der Waals surface area contributed by atoms with Gasteiger partial charge in [0.15, 0.2) is 5.75 Å². The first-order valence-corrected chi connectivity index (χ1v) is 9.61. The van der Waals surface area contributed by atoms with Crippen LogP contribution in [0.1, 0.15) is 29.6 Å². The van der Waals surface area contributed by atoms with Gasteiger partial charge in [-0.05, 0) is 25.2 Å². The summed E-state index contributed by atoms with van der Waals surface area (Å²) in [6, 6.07) is 1.67. The van der Waals surface area contributed by atoms with Crippen LogP contribution < -0.4 is 14.8 Å². The highest BCUT2D eigenvalue weighted by Gasteiger charge is 2.77. The first kappa shape index (κ1) is 19.2. The molecule has 0 aliphatic heterocycles. The van der Waals surface area contributed by atoms with Crippen LogP contribution in [0.2, 0.25) is 10.0 Å². The lowest BCUT2D eigenvalue weighted by atomic mass is 10.1. The lowest BCUT2D eigenvalue weighted by Crippen LogP contribution is -2.20. The van der Waals surface area contributed by atoms with Crippen LogP contribution in [0.5, 0.6) is 11.6 Å². The first-order chi connectivity index (χ1) is 13.0. The molecule has 1 amide bonds. The van der Waals surface area contributed by atoms with Gasteiger partial charge in [0.25, 0.3) is 11.8 Å². The van der Waals surface area contributed by atoms with Crippen molar-refractivity contribution in [3.63, 3.8) is 0 Å². The zero-order valence-electron chi connectivity index (χ0n) is 15.0. The fourth-order valence-electron chi connectivity index (χ4n) is 4.93. The third-order valence-electron chi connectivity index (χ3n) is 6.08. The Kier molecular flexibility index (Phi) is 4.64. The first-order valence-electron chi connectivity index (χ1n) is 8.85. The number of carbonyl (C=O) groups excluding carboxylic acids is 1. The van der Waals surface area contributed by atoms with E-state index in [0.29, 0.717) is 34.7 Å². The van der Waals surface area contributed by atoms with Gasteiger partial charge in [-0.3, -0.25) is 9.78 Å². The minimum Gasteiger partial charge on any atom is -0.481 e. The monoisotopic (exact) mass is 423 g/mol. The van der Waals surface area contributed by atoms with Crippen molar-refractivity contribution in [3.8, 4) is 11.6 Å². The van der Waals surface area contributed by atoms with Crippen LogP contribution in [0.15, 0.2) is 24.7 Å². The number of carbonyl (C=O) groups is 1. The molecule has 6 rings (SSSR count). The van der Waals surface area contributed by atoms with Gasteiger partial charge in [-0.25, -0.2) is 4.98 Å². The van der Waals surface area contributed by atoms with Crippen molar-refractivity contribution in [2.45, 2.75) is 24.9 Å². The molecule has 148 valence electrons. The van der Waals surface area contributed by atoms with Crippen LogP contribution in [-0.2, 0) is 0 Å². The number of rotatable bonds is 5. The quantitative estimate of drug-likeness (QED) is 0.792. The maximum absolute atomic E-state index is 12.7. The molecule has 4 aliphatic carbocycles. The Hall–Kier alpha value is -2.09. The molecular weight excluding hydrogens is 405 g/mol. The Labute approximate surface area is 171 Å². The number of ether oxygens (including phenoxy) is 2. The summed E-state index contributed by atoms with van der Waals surface area (Å²) in [7, 11) is 1.54. The SMILES string of the molecule is COc1ncc(C(=O)Nc2c(Cl)cncc2Cl)cc1OC12CC3CC1C2C3.O. The molecule has 3 N–H and O–H groups in total. The zero-order valence-corrected chi connectivity index (χ0v) is 16.5. The summed E-state index contributed by atoms with van der Waals surface area (Å²) in [6.07, 6.45) is 7.87. The van der Waals surface area contributed by atoms with E-state index in [0.717, 1.165) is 12.3 Å². The highest BCUT2D eigenvalue weighted by molar-refractivity contribution is 6.39. The van der Waals surface area contributed by atoms with Gasteiger partial charge >= 0.3 is 0 Å². The van der Waals surface area contributed by atoms with Crippen molar-refractivity contribution in [2.24, 2.45) is 17.8 Å². The zero-order chi connectivity index (χ0) is 18.8. The molecule has 0 spiro atoms. The lowest BCUT2D eigenvalue weighted by Gasteiger charge is -2.18. The Balaban J connectivity index is 0.00000192. The molecule has 2 aromatic heterocycles. The summed E-state index contributed by atoms with van der Waals surface area (Å²) >= 11 is 12.2. The normalized spacial score (nSPS) is 28.5. The van der Waals surface area contributed by atoms with E-state index in [1.807, 2.05) is 0 Å². The highest BCUT2D eigenvalue weighted by atomic mass is 35.5. The summed E-state index contributed by atoms with van der Waals surface area (Å²) in [5, 5.41) is 3.24. The van der Waals surface area contributed by atoms with Crippen LogP contribution in [0.25, 0.3) is 0 Å². The number of halogens is 2. The fraction of sp³-hybridized carbons (Fsp3) is 0.421. The number of hydrogen-bond donors (Lipinski definition) is 1. The van der Waals surface area contributed by atoms with Crippen molar-refractivity contribution in [1.82, 2.24) is 9.97 Å². The third-order valence-corrected chi connectivity index (χ3v) is 6.65. The van der Waals surface area contributed by atoms with Crippen molar-refractivity contribution in [1.29, 1.82) is 0 Å². The molecule has 4 aliphatic rings. The van der Waals surface area contributed by atoms with E-state index in [1.165, 1.54) is 31.4 Å². The maximum Gasteiger partial charge on any atom is 0.257 e. The van der Waals surface area contributed by atoms with E-state index in [4.69, 9.17) is 32.7 Å². The molecule has 4 saturated carbocycles. The van der Waals surface area contributed by atoms with E-state index in [9.17, 15) is 4.79 Å². The summed E-state index contributed by atoms with van der Waals surface area (Å²) in [5.74, 6) is 2.56. The van der Waals surface area contributed by atoms with Gasteiger partial charge in [-0.1, -0.05) is 23.2 Å². The van der Waals surface area contributed by atoms with Crippen LogP contribution in [-0.4, -0.2) is 34.1 Å². The second-order valence-corrected chi connectivity index (χ2v) is 8.29. The minimum absolute atomic E-state index is 0. The van der Waals surface area contributed by atoms with Gasteiger partial charge in [0.2, 0.25) is 0 Å². The molecule has 2 heterocycles. The number of nitrogens with zero attached hydrogens (tertiary/aromatic N) is 2. The second-order valence-electron chi connectivity index (χ2n) is 7.48. The number of pyridine rings is 2. The molecule has 4 fully saturated rings. The average molecular weight is 424 g/mol. The van der Waals surface area contributed by atoms with E-state index in [1.54, 1.807) is 13.2 Å². The Bertz CT molecular complexity index is 923. The number of anilines is 1. The van der Waals surface area contributed by atoms with Crippen molar-refractivity contribution in [3.05, 3.63) is 40.3 Å². The Morgan fingerprint density at radius 1 is 1.21 bits per heavy atom. The molecule has 0 saturated heterocycles. The largest absolute Gasteiger partial charge is 0.481 e. The predicted molar refractivity (Wildman–Crippen MR) is 104 cm³/mol. The average Bonchev–Trinajstić information content (AvgIpc) is 3.09. The van der Waals surface area contributed by atoms with Gasteiger partial charge < -0.3 is 20.3 Å². The van der Waals surface area contributed by atoms with E-state index >= 15 is 0 Å². The molecule has 0 aromatic carbocycles. The molecule has 7 nitrogen and oxygen atoms in total. The molecule has 9 heteroatoms. The van der Waals surface area contributed by atoms with Crippen molar-refractivity contribution >= 4 is 34.8 Å². The smallest absolute Gasteiger partial charge is 0.257 e. The standard InChI is InChI=1S/C19H17Cl2N3O3.H2O/c1-26-18-15(27-19-5-9-2-11(19)12(19)3-9)4-10(6-23-18)17(25)24-16-13(20)7-22-8-14(16)21;/h4,6-9,11-12H,2-3,5H2,1H3,(H,22,24,25);1H2. The summed E-state index contributed by atoms with van der Waals surface area (Å²) < 4.78 is 11.7. The van der Waals surface area contributed by atoms with Crippen LogP contribution >= 0.6 is 23.2 Å². The minimum atomic E-state index is -0.384. The third kappa shape index (κ3) is 2.80. The number of hydrogen-bond acceptors (Lipinski definition) is 5. The topological polar surface area (TPSA) is 105 Å².